The largest absolute Gasteiger partial charge is 0.258 e. The second-order valence-corrected chi connectivity index (χ2v) is 3.25. The van der Waals surface area contributed by atoms with Crippen molar-refractivity contribution in [2.45, 2.75) is 18.9 Å². The minimum atomic E-state index is 0.618. The molecule has 1 heterocycles. The van der Waals surface area contributed by atoms with Crippen LogP contribution < -0.4 is 10.9 Å². The summed E-state index contributed by atoms with van der Waals surface area (Å²) in [5.41, 5.74) is 7.81. The normalized spacial score (nSPS) is 22.8. The van der Waals surface area contributed by atoms with Crippen LogP contribution in [0.25, 0.3) is 0 Å². The molecule has 1 aliphatic rings. The summed E-state index contributed by atoms with van der Waals surface area (Å²) in [4.78, 5) is 0. The smallest absolute Gasteiger partial charge is 0.0265 e. The van der Waals surface area contributed by atoms with Crippen molar-refractivity contribution < 1.29 is 0 Å². The Bertz CT molecular complexity index is 227. The van der Waals surface area contributed by atoms with Crippen molar-refractivity contribution >= 4 is 0 Å². The Morgan fingerprint density at radius 2 is 2.08 bits per heavy atom. The van der Waals surface area contributed by atoms with Gasteiger partial charge in [-0.2, -0.15) is 0 Å². The van der Waals surface area contributed by atoms with Crippen LogP contribution in [0.3, 0.4) is 0 Å². The van der Waals surface area contributed by atoms with Gasteiger partial charge in [0.05, 0.1) is 0 Å². The Morgan fingerprint density at radius 1 is 1.25 bits per heavy atom. The first kappa shape index (κ1) is 7.77. The number of nitrogens with one attached hydrogen (secondary N) is 2. The molecule has 1 saturated heterocycles. The molecular formula is C10H14N2. The van der Waals surface area contributed by atoms with Crippen LogP contribution in [0.1, 0.15) is 12.0 Å². The lowest BCUT2D eigenvalue weighted by atomic mass is 10.1. The molecule has 12 heavy (non-hydrogen) atoms. The van der Waals surface area contributed by atoms with Crippen LogP contribution in [0.15, 0.2) is 30.3 Å². The molecule has 1 aliphatic heterocycles. The molecule has 2 nitrogen and oxygen atoms in total. The van der Waals surface area contributed by atoms with E-state index in [2.05, 4.69) is 41.2 Å². The average molecular weight is 162 g/mol. The summed E-state index contributed by atoms with van der Waals surface area (Å²) >= 11 is 0. The highest BCUT2D eigenvalue weighted by Gasteiger charge is 2.13. The number of hydrazine groups is 1. The van der Waals surface area contributed by atoms with Crippen LogP contribution in [0.4, 0.5) is 0 Å². The van der Waals surface area contributed by atoms with Crippen LogP contribution in [0, 0.1) is 0 Å². The minimum absolute atomic E-state index is 0.618. The van der Waals surface area contributed by atoms with Crippen molar-refractivity contribution in [2.75, 3.05) is 6.54 Å². The van der Waals surface area contributed by atoms with Gasteiger partial charge in [0.2, 0.25) is 0 Å². The quantitative estimate of drug-likeness (QED) is 0.680. The predicted octanol–water partition coefficient (Wildman–Crippen LogP) is 1.10. The van der Waals surface area contributed by atoms with Gasteiger partial charge in [0.1, 0.15) is 0 Å². The molecule has 2 N–H and O–H groups in total. The van der Waals surface area contributed by atoms with Gasteiger partial charge in [0.25, 0.3) is 0 Å². The molecule has 0 aromatic heterocycles. The van der Waals surface area contributed by atoms with E-state index in [0.29, 0.717) is 6.04 Å². The monoisotopic (exact) mass is 162 g/mol. The van der Waals surface area contributed by atoms with E-state index in [1.54, 1.807) is 0 Å². The van der Waals surface area contributed by atoms with E-state index in [0.717, 1.165) is 13.0 Å². The van der Waals surface area contributed by atoms with Crippen LogP contribution in [0.5, 0.6) is 0 Å². The van der Waals surface area contributed by atoms with Crippen LogP contribution >= 0.6 is 0 Å². The average Bonchev–Trinajstić information content (AvgIpc) is 2.59. The van der Waals surface area contributed by atoms with Crippen LogP contribution in [0.2, 0.25) is 0 Å². The van der Waals surface area contributed by atoms with Crippen molar-refractivity contribution in [2.24, 2.45) is 0 Å². The fourth-order valence-electron chi connectivity index (χ4n) is 1.59. The number of hydrogen-bond acceptors (Lipinski definition) is 2. The van der Waals surface area contributed by atoms with Gasteiger partial charge in [-0.3, -0.25) is 10.9 Å². The molecule has 0 spiro atoms. The second kappa shape index (κ2) is 3.70. The van der Waals surface area contributed by atoms with Crippen LogP contribution in [-0.2, 0) is 6.42 Å². The Labute approximate surface area is 73.0 Å². The highest BCUT2D eigenvalue weighted by Crippen LogP contribution is 2.06. The molecule has 0 bridgehead atoms. The molecule has 0 amide bonds. The van der Waals surface area contributed by atoms with Crippen molar-refractivity contribution in [1.82, 2.24) is 10.9 Å². The molecule has 2 rings (SSSR count). The molecular weight excluding hydrogens is 148 g/mol. The molecule has 1 fully saturated rings. The first-order valence-electron chi connectivity index (χ1n) is 4.47. The summed E-state index contributed by atoms with van der Waals surface area (Å²) < 4.78 is 0. The molecule has 1 atom stereocenters. The molecule has 0 aliphatic carbocycles. The second-order valence-electron chi connectivity index (χ2n) is 3.25. The fraction of sp³-hybridized carbons (Fsp3) is 0.400. The summed E-state index contributed by atoms with van der Waals surface area (Å²) in [5, 5.41) is 0. The molecule has 0 radical (unpaired) electrons. The standard InChI is InChI=1S/C10H14N2/c1-2-4-9(5-3-1)8-10-6-7-11-12-10/h1-5,10-12H,6-8H2. The highest BCUT2D eigenvalue weighted by atomic mass is 15.4. The molecule has 0 saturated carbocycles. The molecule has 1 aromatic rings. The lowest BCUT2D eigenvalue weighted by molar-refractivity contribution is 0.553. The van der Waals surface area contributed by atoms with Gasteiger partial charge < -0.3 is 0 Å². The molecule has 1 unspecified atom stereocenters. The maximum atomic E-state index is 3.26. The van der Waals surface area contributed by atoms with Gasteiger partial charge in [-0.25, -0.2) is 0 Å². The first-order chi connectivity index (χ1) is 5.95. The summed E-state index contributed by atoms with van der Waals surface area (Å²) in [6, 6.07) is 11.2. The van der Waals surface area contributed by atoms with Gasteiger partial charge in [-0.1, -0.05) is 30.3 Å². The highest BCUT2D eigenvalue weighted by molar-refractivity contribution is 5.16. The van der Waals surface area contributed by atoms with E-state index >= 15 is 0 Å². The van der Waals surface area contributed by atoms with E-state index in [1.807, 2.05) is 0 Å². The van der Waals surface area contributed by atoms with Gasteiger partial charge in [-0.05, 0) is 18.4 Å². The predicted molar refractivity (Wildman–Crippen MR) is 49.7 cm³/mol. The summed E-state index contributed by atoms with van der Waals surface area (Å²) in [6.07, 6.45) is 2.36. The third kappa shape index (κ3) is 1.84. The van der Waals surface area contributed by atoms with Crippen LogP contribution in [-0.4, -0.2) is 12.6 Å². The van der Waals surface area contributed by atoms with Gasteiger partial charge in [0.15, 0.2) is 0 Å². The topological polar surface area (TPSA) is 24.1 Å². The zero-order valence-corrected chi connectivity index (χ0v) is 7.09. The van der Waals surface area contributed by atoms with E-state index < -0.39 is 0 Å². The maximum Gasteiger partial charge on any atom is 0.0265 e. The van der Waals surface area contributed by atoms with Crippen molar-refractivity contribution in [3.8, 4) is 0 Å². The third-order valence-corrected chi connectivity index (χ3v) is 2.25. The molecule has 64 valence electrons. The zero-order chi connectivity index (χ0) is 8.23. The van der Waals surface area contributed by atoms with E-state index in [9.17, 15) is 0 Å². The van der Waals surface area contributed by atoms with E-state index in [4.69, 9.17) is 0 Å². The fourth-order valence-corrected chi connectivity index (χ4v) is 1.59. The molecule has 1 aromatic carbocycles. The first-order valence-corrected chi connectivity index (χ1v) is 4.47. The number of hydrogen-bond donors (Lipinski definition) is 2. The lowest BCUT2D eigenvalue weighted by Gasteiger charge is -2.08. The summed E-state index contributed by atoms with van der Waals surface area (Å²) in [7, 11) is 0. The van der Waals surface area contributed by atoms with Crippen molar-refractivity contribution in [3.63, 3.8) is 0 Å². The third-order valence-electron chi connectivity index (χ3n) is 2.25. The Kier molecular flexibility index (Phi) is 2.39. The van der Waals surface area contributed by atoms with Crippen molar-refractivity contribution in [3.05, 3.63) is 35.9 Å². The minimum Gasteiger partial charge on any atom is -0.258 e. The Hall–Kier alpha value is -0.860. The maximum absolute atomic E-state index is 3.26. The number of rotatable bonds is 2. The lowest BCUT2D eigenvalue weighted by Crippen LogP contribution is -2.31. The number of benzene rings is 1. The van der Waals surface area contributed by atoms with E-state index in [-0.39, 0.29) is 0 Å². The SMILES string of the molecule is c1ccc(CC2CCNN2)cc1. The summed E-state index contributed by atoms with van der Waals surface area (Å²) in [5.74, 6) is 0. The van der Waals surface area contributed by atoms with Gasteiger partial charge in [0, 0.05) is 12.6 Å². The summed E-state index contributed by atoms with van der Waals surface area (Å²) in [6.45, 7) is 1.09. The Morgan fingerprint density at radius 3 is 2.75 bits per heavy atom. The van der Waals surface area contributed by atoms with Gasteiger partial charge in [-0.15, -0.1) is 0 Å². The van der Waals surface area contributed by atoms with E-state index in [1.165, 1.54) is 12.0 Å². The zero-order valence-electron chi connectivity index (χ0n) is 7.09. The van der Waals surface area contributed by atoms with Crippen molar-refractivity contribution in [1.29, 1.82) is 0 Å². The van der Waals surface area contributed by atoms with Gasteiger partial charge >= 0.3 is 0 Å². The Balaban J connectivity index is 1.94. The molecule has 2 heteroatoms.